The topological polar surface area (TPSA) is 61.7 Å². The molecule has 0 radical (unpaired) electrons. The Hall–Kier alpha value is -3.26. The Kier molecular flexibility index (Phi) is 8.58. The molecule has 6 rings (SSSR count). The van der Waals surface area contributed by atoms with Gasteiger partial charge in [-0.1, -0.05) is 0 Å². The molecule has 4 heterocycles. The largest absolute Gasteiger partial charge is 0.342 e. The lowest BCUT2D eigenvalue weighted by atomic mass is 9.80. The van der Waals surface area contributed by atoms with Gasteiger partial charge in [0.1, 0.15) is 5.82 Å². The minimum Gasteiger partial charge on any atom is -0.342 e. The summed E-state index contributed by atoms with van der Waals surface area (Å²) in [5, 5.41) is 1.18. The molecule has 8 heteroatoms. The molecular formula is C35H46FN5O2. The molecule has 1 aromatic carbocycles. The van der Waals surface area contributed by atoms with E-state index in [0.29, 0.717) is 29.0 Å². The van der Waals surface area contributed by atoms with E-state index < -0.39 is 5.82 Å². The molecular weight excluding hydrogens is 541 g/mol. The summed E-state index contributed by atoms with van der Waals surface area (Å²) in [6.07, 6.45) is 13.6. The zero-order valence-corrected chi connectivity index (χ0v) is 26.2. The van der Waals surface area contributed by atoms with E-state index in [1.165, 1.54) is 29.5 Å². The molecule has 7 nitrogen and oxygen atoms in total. The van der Waals surface area contributed by atoms with Crippen LogP contribution in [0.15, 0.2) is 36.8 Å². The minimum absolute atomic E-state index is 0.00215. The van der Waals surface area contributed by atoms with E-state index in [0.717, 1.165) is 82.3 Å². The van der Waals surface area contributed by atoms with Crippen LogP contribution in [0.3, 0.4) is 0 Å². The maximum absolute atomic E-state index is 14.4. The molecule has 43 heavy (non-hydrogen) atoms. The molecule has 3 aliphatic rings. The first-order valence-electron chi connectivity index (χ1n) is 16.2. The Morgan fingerprint density at radius 1 is 1.05 bits per heavy atom. The molecule has 3 fully saturated rings. The smallest absolute Gasteiger partial charge is 0.256 e. The normalized spacial score (nSPS) is 22.7. The molecule has 2 amide bonds. The first kappa shape index (κ1) is 29.8. The molecule has 0 bridgehead atoms. The van der Waals surface area contributed by atoms with Crippen molar-refractivity contribution in [1.29, 1.82) is 0 Å². The third-order valence-corrected chi connectivity index (χ3v) is 10.3. The number of hydrogen-bond acceptors (Lipinski definition) is 4. The maximum Gasteiger partial charge on any atom is 0.256 e. The average Bonchev–Trinajstić information content (AvgIpc) is 3.56. The Labute approximate surface area is 255 Å². The van der Waals surface area contributed by atoms with Gasteiger partial charge in [0.25, 0.3) is 5.91 Å². The fourth-order valence-electron chi connectivity index (χ4n) is 7.42. The van der Waals surface area contributed by atoms with Crippen LogP contribution >= 0.6 is 0 Å². The van der Waals surface area contributed by atoms with Gasteiger partial charge in [0, 0.05) is 63.0 Å². The van der Waals surface area contributed by atoms with Crippen LogP contribution in [0, 0.1) is 30.5 Å². The number of benzene rings is 1. The zero-order valence-electron chi connectivity index (χ0n) is 26.2. The molecule has 2 aliphatic heterocycles. The van der Waals surface area contributed by atoms with E-state index in [4.69, 9.17) is 0 Å². The highest BCUT2D eigenvalue weighted by Crippen LogP contribution is 2.35. The lowest BCUT2D eigenvalue weighted by Crippen LogP contribution is -2.46. The molecule has 1 saturated carbocycles. The lowest BCUT2D eigenvalue weighted by molar-refractivity contribution is -0.140. The Morgan fingerprint density at radius 3 is 2.51 bits per heavy atom. The van der Waals surface area contributed by atoms with Crippen molar-refractivity contribution in [2.75, 3.05) is 39.8 Å². The predicted molar refractivity (Wildman–Crippen MR) is 168 cm³/mol. The van der Waals surface area contributed by atoms with Crippen LogP contribution in [-0.2, 0) is 11.2 Å². The number of carbonyl (C=O) groups excluding carboxylic acids is 2. The number of nitrogens with zero attached hydrogens (tertiary/aromatic N) is 5. The summed E-state index contributed by atoms with van der Waals surface area (Å²) in [5.41, 5.74) is 4.35. The van der Waals surface area contributed by atoms with Gasteiger partial charge in [-0.15, -0.1) is 0 Å². The number of fused-ring (bicyclic) bond motifs is 1. The first-order valence-corrected chi connectivity index (χ1v) is 16.2. The van der Waals surface area contributed by atoms with Crippen molar-refractivity contribution in [3.8, 4) is 5.69 Å². The number of rotatable bonds is 8. The molecule has 2 saturated heterocycles. The number of carbonyl (C=O) groups is 2. The van der Waals surface area contributed by atoms with Crippen molar-refractivity contribution in [2.45, 2.75) is 71.8 Å². The monoisotopic (exact) mass is 587 g/mol. The van der Waals surface area contributed by atoms with Crippen molar-refractivity contribution in [1.82, 2.24) is 24.3 Å². The molecule has 1 aliphatic carbocycles. The van der Waals surface area contributed by atoms with Crippen LogP contribution < -0.4 is 0 Å². The summed E-state index contributed by atoms with van der Waals surface area (Å²) in [6.45, 7) is 11.3. The van der Waals surface area contributed by atoms with Gasteiger partial charge in [-0.05, 0) is 113 Å². The summed E-state index contributed by atoms with van der Waals surface area (Å²) >= 11 is 0. The molecule has 0 N–H and O–H groups in total. The second-order valence-corrected chi connectivity index (χ2v) is 13.6. The molecule has 3 aromatic rings. The molecule has 0 unspecified atom stereocenters. The highest BCUT2D eigenvalue weighted by Gasteiger charge is 2.33. The summed E-state index contributed by atoms with van der Waals surface area (Å²) < 4.78 is 16.5. The van der Waals surface area contributed by atoms with Gasteiger partial charge in [-0.2, -0.15) is 0 Å². The summed E-state index contributed by atoms with van der Waals surface area (Å²) in [7, 11) is 1.76. The third kappa shape index (κ3) is 6.08. The number of hydrogen-bond donors (Lipinski definition) is 0. The molecule has 0 spiro atoms. The zero-order chi connectivity index (χ0) is 30.2. The number of aryl methyl sites for hydroxylation is 1. The first-order chi connectivity index (χ1) is 20.7. The van der Waals surface area contributed by atoms with Gasteiger partial charge in [0.2, 0.25) is 5.91 Å². The second-order valence-electron chi connectivity index (χ2n) is 13.6. The fourth-order valence-corrected chi connectivity index (χ4v) is 7.42. The van der Waals surface area contributed by atoms with Crippen LogP contribution in [-0.4, -0.2) is 81.9 Å². The second kappa shape index (κ2) is 12.4. The van der Waals surface area contributed by atoms with E-state index in [1.807, 2.05) is 35.7 Å². The van der Waals surface area contributed by atoms with E-state index in [9.17, 15) is 14.0 Å². The standard InChI is InChI=1S/C35H46FN5O2/c1-23(2)38(4)35(43)30-17-29(36)10-11-31(30)41-22-28(33-24(3)18-37-19-32(33)41)16-26-12-15-39(21-26)20-25-6-8-27(9-7-25)34(42)40-13-5-14-40/h10-11,17-19,22-23,25-27H,5-9,12-16,20-21H2,1-4H3/t25-,26-,27-/m0/s1. The van der Waals surface area contributed by atoms with Gasteiger partial charge < -0.3 is 19.3 Å². The molecule has 2 aromatic heterocycles. The van der Waals surface area contributed by atoms with E-state index in [1.54, 1.807) is 18.0 Å². The van der Waals surface area contributed by atoms with Crippen LogP contribution in [0.1, 0.15) is 73.9 Å². The van der Waals surface area contributed by atoms with Crippen molar-refractivity contribution in [2.24, 2.45) is 17.8 Å². The maximum atomic E-state index is 14.4. The quantitative estimate of drug-likeness (QED) is 0.332. The SMILES string of the molecule is Cc1cncc2c1c(C[C@@H]1CCN(C[C@H]3CC[C@H](C(=O)N4CCC4)CC3)C1)cn2-c1ccc(F)cc1C(=O)N(C)C(C)C. The van der Waals surface area contributed by atoms with Crippen molar-refractivity contribution < 1.29 is 14.0 Å². The summed E-state index contributed by atoms with van der Waals surface area (Å²) in [4.78, 5) is 36.9. The van der Waals surface area contributed by atoms with Crippen LogP contribution in [0.25, 0.3) is 16.6 Å². The number of halogens is 1. The van der Waals surface area contributed by atoms with Crippen molar-refractivity contribution >= 4 is 22.7 Å². The average molecular weight is 588 g/mol. The number of pyridine rings is 1. The van der Waals surface area contributed by atoms with Crippen LogP contribution in [0.4, 0.5) is 4.39 Å². The van der Waals surface area contributed by atoms with Gasteiger partial charge in [-0.3, -0.25) is 14.6 Å². The summed E-state index contributed by atoms with van der Waals surface area (Å²) in [5.74, 6) is 1.28. The van der Waals surface area contributed by atoms with Crippen LogP contribution in [0.2, 0.25) is 0 Å². The Morgan fingerprint density at radius 2 is 1.81 bits per heavy atom. The predicted octanol–water partition coefficient (Wildman–Crippen LogP) is 5.86. The molecule has 1 atom stereocenters. The number of amides is 2. The Bertz CT molecular complexity index is 1490. The number of aromatic nitrogens is 2. The van der Waals surface area contributed by atoms with E-state index in [-0.39, 0.29) is 17.9 Å². The highest BCUT2D eigenvalue weighted by molar-refractivity contribution is 5.99. The number of likely N-dealkylation sites (tertiary alicyclic amines) is 2. The van der Waals surface area contributed by atoms with Crippen LogP contribution in [0.5, 0.6) is 0 Å². The Balaban J connectivity index is 1.16. The van der Waals surface area contributed by atoms with E-state index in [2.05, 4.69) is 23.0 Å². The van der Waals surface area contributed by atoms with Crippen molar-refractivity contribution in [3.63, 3.8) is 0 Å². The fraction of sp³-hybridized carbons (Fsp3) is 0.571. The minimum atomic E-state index is -0.419. The van der Waals surface area contributed by atoms with Gasteiger partial charge in [-0.25, -0.2) is 4.39 Å². The van der Waals surface area contributed by atoms with Gasteiger partial charge in [0.05, 0.1) is 23.0 Å². The van der Waals surface area contributed by atoms with Crippen molar-refractivity contribution in [3.05, 3.63) is 59.3 Å². The molecule has 230 valence electrons. The van der Waals surface area contributed by atoms with Gasteiger partial charge >= 0.3 is 0 Å². The third-order valence-electron chi connectivity index (χ3n) is 10.3. The highest BCUT2D eigenvalue weighted by atomic mass is 19.1. The van der Waals surface area contributed by atoms with Gasteiger partial charge in [0.15, 0.2) is 0 Å². The lowest BCUT2D eigenvalue weighted by Gasteiger charge is -2.37. The van der Waals surface area contributed by atoms with E-state index >= 15 is 0 Å². The summed E-state index contributed by atoms with van der Waals surface area (Å²) in [6, 6.07) is 4.50.